The zero-order valence-electron chi connectivity index (χ0n) is 9.84. The number of carbonyl (C=O) groups is 1. The number of primary amides is 1. The minimum absolute atomic E-state index is 0.255. The SMILES string of the molecule is CC(/C=C/c1ccc2c(c1)OCO2)=N/NC(N)=O. The average molecular weight is 247 g/mol. The van der Waals surface area contributed by atoms with Crippen LogP contribution in [0, 0.1) is 0 Å². The summed E-state index contributed by atoms with van der Waals surface area (Å²) in [7, 11) is 0. The van der Waals surface area contributed by atoms with Crippen molar-refractivity contribution < 1.29 is 14.3 Å². The predicted molar refractivity (Wildman–Crippen MR) is 67.4 cm³/mol. The number of carbonyl (C=O) groups excluding carboxylic acids is 1. The van der Waals surface area contributed by atoms with Crippen molar-refractivity contribution in [3.63, 3.8) is 0 Å². The van der Waals surface area contributed by atoms with Crippen LogP contribution < -0.4 is 20.6 Å². The highest BCUT2D eigenvalue weighted by Crippen LogP contribution is 2.32. The van der Waals surface area contributed by atoms with Gasteiger partial charge in [0.2, 0.25) is 6.79 Å². The number of hydrogen-bond donors (Lipinski definition) is 2. The first-order chi connectivity index (χ1) is 8.65. The monoisotopic (exact) mass is 247 g/mol. The van der Waals surface area contributed by atoms with Gasteiger partial charge in [-0.05, 0) is 30.7 Å². The molecule has 1 aliphatic rings. The maximum atomic E-state index is 10.5. The highest BCUT2D eigenvalue weighted by molar-refractivity contribution is 5.96. The van der Waals surface area contributed by atoms with Crippen molar-refractivity contribution in [3.05, 3.63) is 29.8 Å². The fourth-order valence-electron chi connectivity index (χ4n) is 1.41. The normalized spacial score (nSPS) is 13.9. The average Bonchev–Trinajstić information content (AvgIpc) is 2.81. The van der Waals surface area contributed by atoms with Crippen molar-refractivity contribution in [2.45, 2.75) is 6.92 Å². The Bertz CT molecular complexity index is 523. The van der Waals surface area contributed by atoms with E-state index in [9.17, 15) is 4.79 Å². The van der Waals surface area contributed by atoms with E-state index in [1.807, 2.05) is 24.3 Å². The summed E-state index contributed by atoms with van der Waals surface area (Å²) in [6.45, 7) is 2.00. The third-order valence-corrected chi connectivity index (χ3v) is 2.26. The quantitative estimate of drug-likeness (QED) is 0.626. The van der Waals surface area contributed by atoms with Gasteiger partial charge in [-0.1, -0.05) is 12.1 Å². The molecule has 3 N–H and O–H groups in total. The number of hydrogen-bond acceptors (Lipinski definition) is 4. The summed E-state index contributed by atoms with van der Waals surface area (Å²) in [6.07, 6.45) is 3.61. The molecule has 0 fully saturated rings. The predicted octanol–water partition coefficient (Wildman–Crippen LogP) is 1.47. The van der Waals surface area contributed by atoms with Gasteiger partial charge in [-0.15, -0.1) is 0 Å². The van der Waals surface area contributed by atoms with Crippen LogP contribution in [0.3, 0.4) is 0 Å². The molecule has 2 rings (SSSR count). The Morgan fingerprint density at radius 1 is 1.44 bits per heavy atom. The Balaban J connectivity index is 2.05. The molecule has 94 valence electrons. The zero-order chi connectivity index (χ0) is 13.0. The molecule has 0 atom stereocenters. The van der Waals surface area contributed by atoms with E-state index in [1.54, 1.807) is 13.0 Å². The molecule has 2 amide bonds. The first-order valence-corrected chi connectivity index (χ1v) is 5.32. The van der Waals surface area contributed by atoms with Crippen molar-refractivity contribution in [3.8, 4) is 11.5 Å². The van der Waals surface area contributed by atoms with E-state index in [2.05, 4.69) is 10.5 Å². The summed E-state index contributed by atoms with van der Waals surface area (Å²) < 4.78 is 10.5. The van der Waals surface area contributed by atoms with Crippen LogP contribution in [0.15, 0.2) is 29.4 Å². The molecular formula is C12H13N3O3. The molecule has 6 nitrogen and oxygen atoms in total. The largest absolute Gasteiger partial charge is 0.454 e. The summed E-state index contributed by atoms with van der Waals surface area (Å²) in [5.74, 6) is 1.47. The fraction of sp³-hybridized carbons (Fsp3) is 0.167. The third-order valence-electron chi connectivity index (χ3n) is 2.26. The molecule has 0 unspecified atom stereocenters. The number of ether oxygens (including phenoxy) is 2. The summed E-state index contributed by atoms with van der Waals surface area (Å²) in [5.41, 5.74) is 8.63. The van der Waals surface area contributed by atoms with E-state index in [4.69, 9.17) is 15.2 Å². The van der Waals surface area contributed by atoms with Crippen molar-refractivity contribution in [1.82, 2.24) is 5.43 Å². The molecule has 1 aromatic carbocycles. The fourth-order valence-corrected chi connectivity index (χ4v) is 1.41. The van der Waals surface area contributed by atoms with E-state index >= 15 is 0 Å². The molecule has 0 bridgehead atoms. The number of urea groups is 1. The van der Waals surface area contributed by atoms with Gasteiger partial charge in [-0.25, -0.2) is 10.2 Å². The summed E-state index contributed by atoms with van der Waals surface area (Å²) in [4.78, 5) is 10.5. The molecule has 1 aliphatic heterocycles. The van der Waals surface area contributed by atoms with Crippen LogP contribution in [0.4, 0.5) is 4.79 Å². The molecule has 0 aliphatic carbocycles. The van der Waals surface area contributed by atoms with Crippen LogP contribution in [0.5, 0.6) is 11.5 Å². The number of rotatable bonds is 3. The number of nitrogens with zero attached hydrogens (tertiary/aromatic N) is 1. The van der Waals surface area contributed by atoms with Crippen LogP contribution in [0.2, 0.25) is 0 Å². The zero-order valence-corrected chi connectivity index (χ0v) is 9.84. The number of amides is 2. The van der Waals surface area contributed by atoms with Gasteiger partial charge < -0.3 is 15.2 Å². The van der Waals surface area contributed by atoms with Crippen molar-refractivity contribution in [2.24, 2.45) is 10.8 Å². The van der Waals surface area contributed by atoms with Gasteiger partial charge in [0.15, 0.2) is 11.5 Å². The van der Waals surface area contributed by atoms with Gasteiger partial charge in [0.05, 0.1) is 5.71 Å². The highest BCUT2D eigenvalue weighted by atomic mass is 16.7. The standard InChI is InChI=1S/C12H13N3O3/c1-8(14-15-12(13)16)2-3-9-4-5-10-11(6-9)18-7-17-10/h2-6H,7H2,1H3,(H3,13,15,16)/b3-2+,14-8-. The molecule has 0 saturated carbocycles. The second-order valence-electron chi connectivity index (χ2n) is 3.68. The number of allylic oxidation sites excluding steroid dienone is 1. The molecule has 0 aromatic heterocycles. The second kappa shape index (κ2) is 5.22. The van der Waals surface area contributed by atoms with Gasteiger partial charge >= 0.3 is 6.03 Å². The number of fused-ring (bicyclic) bond motifs is 1. The molecule has 1 heterocycles. The van der Waals surface area contributed by atoms with Gasteiger partial charge in [-0.2, -0.15) is 5.10 Å². The van der Waals surface area contributed by atoms with Gasteiger partial charge in [0, 0.05) is 0 Å². The highest BCUT2D eigenvalue weighted by Gasteiger charge is 2.11. The topological polar surface area (TPSA) is 85.9 Å². The third kappa shape index (κ3) is 3.00. The van der Waals surface area contributed by atoms with Crippen molar-refractivity contribution >= 4 is 17.8 Å². The molecule has 6 heteroatoms. The molecule has 0 spiro atoms. The van der Waals surface area contributed by atoms with E-state index in [1.165, 1.54) is 0 Å². The van der Waals surface area contributed by atoms with E-state index in [-0.39, 0.29) is 6.79 Å². The van der Waals surface area contributed by atoms with Gasteiger partial charge in [0.1, 0.15) is 0 Å². The first-order valence-electron chi connectivity index (χ1n) is 5.32. The van der Waals surface area contributed by atoms with Crippen LogP contribution in [-0.2, 0) is 0 Å². The maximum Gasteiger partial charge on any atom is 0.332 e. The van der Waals surface area contributed by atoms with E-state index < -0.39 is 6.03 Å². The number of benzene rings is 1. The minimum Gasteiger partial charge on any atom is -0.454 e. The summed E-state index contributed by atoms with van der Waals surface area (Å²) in [6, 6.07) is 4.92. The Morgan fingerprint density at radius 2 is 2.22 bits per heavy atom. The maximum absolute atomic E-state index is 10.5. The molecule has 0 saturated heterocycles. The second-order valence-corrected chi connectivity index (χ2v) is 3.68. The van der Waals surface area contributed by atoms with Crippen LogP contribution >= 0.6 is 0 Å². The van der Waals surface area contributed by atoms with Crippen LogP contribution in [-0.4, -0.2) is 18.5 Å². The Hall–Kier alpha value is -2.50. The molecule has 18 heavy (non-hydrogen) atoms. The van der Waals surface area contributed by atoms with Crippen LogP contribution in [0.25, 0.3) is 6.08 Å². The first kappa shape index (κ1) is 12.0. The number of nitrogens with two attached hydrogens (primary N) is 1. The van der Waals surface area contributed by atoms with Crippen molar-refractivity contribution in [1.29, 1.82) is 0 Å². The lowest BCUT2D eigenvalue weighted by Crippen LogP contribution is -2.25. The number of hydrazone groups is 1. The van der Waals surface area contributed by atoms with Crippen LogP contribution in [0.1, 0.15) is 12.5 Å². The van der Waals surface area contributed by atoms with Crippen molar-refractivity contribution in [2.75, 3.05) is 6.79 Å². The number of nitrogens with one attached hydrogen (secondary N) is 1. The Labute approximate surface area is 104 Å². The van der Waals surface area contributed by atoms with Gasteiger partial charge in [-0.3, -0.25) is 0 Å². The lowest BCUT2D eigenvalue weighted by atomic mass is 10.2. The summed E-state index contributed by atoms with van der Waals surface area (Å²) >= 11 is 0. The smallest absolute Gasteiger partial charge is 0.332 e. The van der Waals surface area contributed by atoms with E-state index in [0.29, 0.717) is 5.71 Å². The molecular weight excluding hydrogens is 234 g/mol. The lowest BCUT2D eigenvalue weighted by Gasteiger charge is -1.98. The Morgan fingerprint density at radius 3 is 3.00 bits per heavy atom. The molecule has 1 aromatic rings. The lowest BCUT2D eigenvalue weighted by molar-refractivity contribution is 0.174. The Kier molecular flexibility index (Phi) is 3.47. The van der Waals surface area contributed by atoms with Gasteiger partial charge in [0.25, 0.3) is 0 Å². The van der Waals surface area contributed by atoms with E-state index in [0.717, 1.165) is 17.1 Å². The minimum atomic E-state index is -0.689. The summed E-state index contributed by atoms with van der Waals surface area (Å²) in [5, 5.41) is 3.76. The molecule has 0 radical (unpaired) electrons.